The maximum atomic E-state index is 6.85. The van der Waals surface area contributed by atoms with Crippen molar-refractivity contribution in [2.24, 2.45) is 0 Å². The van der Waals surface area contributed by atoms with E-state index in [2.05, 4.69) is 205 Å². The van der Waals surface area contributed by atoms with Crippen molar-refractivity contribution in [2.45, 2.75) is 78.6 Å². The Balaban J connectivity index is 1.16. The van der Waals surface area contributed by atoms with Gasteiger partial charge in [-0.3, -0.25) is 0 Å². The van der Waals surface area contributed by atoms with Gasteiger partial charge >= 0.3 is 6.85 Å². The first-order chi connectivity index (χ1) is 31.1. The summed E-state index contributed by atoms with van der Waals surface area (Å²) in [5.74, 6) is 0. The molecule has 0 fully saturated rings. The Kier molecular flexibility index (Phi) is 6.92. The number of hydrogen-bond donors (Lipinski definition) is 0. The second-order valence-corrected chi connectivity index (χ2v) is 21.8. The summed E-state index contributed by atoms with van der Waals surface area (Å²) >= 11 is 0. The van der Waals surface area contributed by atoms with Crippen LogP contribution < -0.4 is 15.7 Å². The van der Waals surface area contributed by atoms with Gasteiger partial charge in [0.25, 0.3) is 0 Å². The molecule has 1 aliphatic carbocycles. The summed E-state index contributed by atoms with van der Waals surface area (Å²) < 4.78 is 16.1. The van der Waals surface area contributed by atoms with E-state index in [1.807, 2.05) is 0 Å². The van der Waals surface area contributed by atoms with E-state index in [0.29, 0.717) is 0 Å². The van der Waals surface area contributed by atoms with Crippen LogP contribution in [-0.2, 0) is 16.2 Å². The predicted octanol–water partition coefficient (Wildman–Crippen LogP) is 15.0. The smallest absolute Gasteiger partial charge is 0.333 e. The zero-order valence-electron chi connectivity index (χ0n) is 38.5. The number of rotatable bonds is 1. The summed E-state index contributed by atoms with van der Waals surface area (Å²) in [6, 6.07) is 50.8. The number of aromatic nitrogens is 1. The van der Waals surface area contributed by atoms with Crippen molar-refractivity contribution in [1.82, 2.24) is 4.57 Å². The minimum absolute atomic E-state index is 0.00554. The van der Waals surface area contributed by atoms with Crippen molar-refractivity contribution < 1.29 is 8.83 Å². The molecule has 3 aromatic heterocycles. The van der Waals surface area contributed by atoms with E-state index in [1.54, 1.807) is 0 Å². The average molecular weight is 841 g/mol. The molecule has 0 saturated carbocycles. The lowest BCUT2D eigenvalue weighted by atomic mass is 9.43. The number of furan rings is 2. The standard InChI is InChI=1S/C60H49BN2O2/c1-32-24-43-39-26-42-40-25-34(59(5,6)7)20-23-52(40)65-54(42)31-49(39)63(35-21-18-33(19-22-35)58(2,3)4)61-47-28-38-36-14-10-12-16-45(36)60(8,9)46(38)29-50(47)62-48-30-53-41(37-15-11-13-17-51(37)64-53)27-44(48)55(32)57(62)56(43)61/h10-31H,1-9H3. The van der Waals surface area contributed by atoms with Crippen LogP contribution in [0, 0.1) is 6.92 Å². The van der Waals surface area contributed by atoms with Gasteiger partial charge in [-0.25, -0.2) is 0 Å². The summed E-state index contributed by atoms with van der Waals surface area (Å²) in [7, 11) is 0. The molecule has 5 heteroatoms. The Morgan fingerprint density at radius 3 is 1.97 bits per heavy atom. The molecule has 0 atom stereocenters. The first-order valence-corrected chi connectivity index (χ1v) is 23.3. The first kappa shape index (κ1) is 37.4. The number of para-hydroxylation sites is 1. The average Bonchev–Trinajstić information content (AvgIpc) is 4.00. The number of aryl methyl sites for hydroxylation is 1. The van der Waals surface area contributed by atoms with Gasteiger partial charge in [-0.1, -0.05) is 128 Å². The van der Waals surface area contributed by atoms with Gasteiger partial charge in [-0.15, -0.1) is 0 Å². The largest absolute Gasteiger partial charge is 0.456 e. The Labute approximate surface area is 379 Å². The van der Waals surface area contributed by atoms with Crippen LogP contribution in [0.15, 0.2) is 142 Å². The third-order valence-corrected chi connectivity index (χ3v) is 15.6. The molecule has 4 nitrogen and oxygen atoms in total. The minimum atomic E-state index is -0.172. The minimum Gasteiger partial charge on any atom is -0.456 e. The molecular formula is C60H49BN2O2. The van der Waals surface area contributed by atoms with Gasteiger partial charge in [0.2, 0.25) is 0 Å². The Bertz CT molecular complexity index is 3950. The monoisotopic (exact) mass is 840 g/mol. The second kappa shape index (κ2) is 12.0. The summed E-state index contributed by atoms with van der Waals surface area (Å²) in [5, 5.41) is 7.18. The molecule has 0 N–H and O–H groups in total. The highest BCUT2D eigenvalue weighted by molar-refractivity contribution is 6.93. The third kappa shape index (κ3) is 4.78. The van der Waals surface area contributed by atoms with Gasteiger partial charge in [-0.05, 0) is 122 Å². The fourth-order valence-electron chi connectivity index (χ4n) is 12.2. The van der Waals surface area contributed by atoms with Gasteiger partial charge in [0.15, 0.2) is 0 Å². The van der Waals surface area contributed by atoms with E-state index in [9.17, 15) is 0 Å². The summed E-state index contributed by atoms with van der Waals surface area (Å²) in [6.45, 7) is 20.7. The van der Waals surface area contributed by atoms with Crippen LogP contribution in [-0.4, -0.2) is 11.4 Å². The molecule has 11 aromatic rings. The van der Waals surface area contributed by atoms with Crippen LogP contribution in [0.1, 0.15) is 83.2 Å². The maximum Gasteiger partial charge on any atom is 0.333 e. The van der Waals surface area contributed by atoms with Gasteiger partial charge in [0, 0.05) is 72.5 Å². The molecule has 0 spiro atoms. The summed E-state index contributed by atoms with van der Waals surface area (Å²) in [6.07, 6.45) is 0. The van der Waals surface area contributed by atoms with Crippen molar-refractivity contribution in [3.05, 3.63) is 161 Å². The Morgan fingerprint density at radius 1 is 0.508 bits per heavy atom. The van der Waals surface area contributed by atoms with E-state index >= 15 is 0 Å². The van der Waals surface area contributed by atoms with Gasteiger partial charge in [0.1, 0.15) is 22.3 Å². The lowest BCUT2D eigenvalue weighted by Crippen LogP contribution is -2.60. The topological polar surface area (TPSA) is 34.5 Å². The third-order valence-electron chi connectivity index (χ3n) is 15.6. The maximum absolute atomic E-state index is 6.85. The van der Waals surface area contributed by atoms with Crippen molar-refractivity contribution in [3.8, 4) is 27.9 Å². The number of fused-ring (bicyclic) bond motifs is 17. The molecule has 0 unspecified atom stereocenters. The van der Waals surface area contributed by atoms with Crippen molar-refractivity contribution in [3.63, 3.8) is 0 Å². The SMILES string of the molecule is Cc1cc2c3c4c1c1cc5c(cc1n4-c1cc4c(cc1B3N(c1ccc(C(C)(C)C)cc1)c1cc3oc6ccc(C(C)(C)C)cc6c3cc1-2)-c1ccccc1C4(C)C)oc1ccccc15. The zero-order chi connectivity index (χ0) is 44.2. The van der Waals surface area contributed by atoms with Crippen LogP contribution in [0.2, 0.25) is 0 Å². The number of anilines is 2. The first-order valence-electron chi connectivity index (χ1n) is 23.3. The molecule has 65 heavy (non-hydrogen) atoms. The van der Waals surface area contributed by atoms with Crippen LogP contribution >= 0.6 is 0 Å². The quantitative estimate of drug-likeness (QED) is 0.154. The summed E-state index contributed by atoms with van der Waals surface area (Å²) in [4.78, 5) is 2.64. The fraction of sp³-hybridized carbons (Fsp3) is 0.200. The molecule has 8 aromatic carbocycles. The zero-order valence-corrected chi connectivity index (χ0v) is 38.5. The van der Waals surface area contributed by atoms with E-state index in [4.69, 9.17) is 8.83 Å². The molecule has 5 heterocycles. The van der Waals surface area contributed by atoms with Crippen LogP contribution in [0.4, 0.5) is 11.4 Å². The number of hydrogen-bond acceptors (Lipinski definition) is 3. The highest BCUT2D eigenvalue weighted by atomic mass is 16.3. The molecule has 14 rings (SSSR count). The summed E-state index contributed by atoms with van der Waals surface area (Å²) in [5.41, 5.74) is 24.0. The number of benzene rings is 8. The Hall–Kier alpha value is -6.98. The van der Waals surface area contributed by atoms with Gasteiger partial charge < -0.3 is 18.2 Å². The molecule has 0 radical (unpaired) electrons. The highest BCUT2D eigenvalue weighted by Gasteiger charge is 2.47. The normalized spacial score (nSPS) is 14.9. The molecule has 0 bridgehead atoms. The predicted molar refractivity (Wildman–Crippen MR) is 274 cm³/mol. The van der Waals surface area contributed by atoms with Crippen LogP contribution in [0.5, 0.6) is 0 Å². The van der Waals surface area contributed by atoms with E-state index in [-0.39, 0.29) is 23.1 Å². The molecule has 3 aliphatic rings. The van der Waals surface area contributed by atoms with Gasteiger partial charge in [-0.2, -0.15) is 0 Å². The van der Waals surface area contributed by atoms with Crippen molar-refractivity contribution in [2.75, 3.05) is 4.81 Å². The van der Waals surface area contributed by atoms with E-state index in [1.165, 1.54) is 88.5 Å². The molecule has 0 amide bonds. The second-order valence-electron chi connectivity index (χ2n) is 21.8. The van der Waals surface area contributed by atoms with Crippen LogP contribution in [0.25, 0.3) is 93.6 Å². The lowest BCUT2D eigenvalue weighted by Gasteiger charge is -2.42. The molecule has 0 saturated heterocycles. The van der Waals surface area contributed by atoms with Crippen LogP contribution in [0.3, 0.4) is 0 Å². The van der Waals surface area contributed by atoms with Crippen molar-refractivity contribution >= 4 is 94.8 Å². The van der Waals surface area contributed by atoms with E-state index < -0.39 is 0 Å². The van der Waals surface area contributed by atoms with E-state index in [0.717, 1.165) is 55.3 Å². The lowest BCUT2D eigenvalue weighted by molar-refractivity contribution is 0.590. The number of nitrogens with zero attached hydrogens (tertiary/aromatic N) is 2. The fourth-order valence-corrected chi connectivity index (χ4v) is 12.2. The molecular weight excluding hydrogens is 791 g/mol. The van der Waals surface area contributed by atoms with Gasteiger partial charge in [0.05, 0.1) is 11.0 Å². The Morgan fingerprint density at radius 2 is 1.18 bits per heavy atom. The molecule has 314 valence electrons. The molecule has 2 aliphatic heterocycles. The van der Waals surface area contributed by atoms with Crippen molar-refractivity contribution in [1.29, 1.82) is 0 Å². The highest BCUT2D eigenvalue weighted by Crippen LogP contribution is 2.53.